The molecule has 1 aromatic carbocycles. The number of benzene rings is 1. The lowest BCUT2D eigenvalue weighted by molar-refractivity contribution is -0.137. The third kappa shape index (κ3) is 7.06. The highest BCUT2D eigenvalue weighted by Crippen LogP contribution is 2.34. The fourth-order valence-corrected chi connectivity index (χ4v) is 3.97. The zero-order valence-electron chi connectivity index (χ0n) is 16.9. The van der Waals surface area contributed by atoms with Gasteiger partial charge < -0.3 is 5.11 Å². The first-order valence-electron chi connectivity index (χ1n) is 10.6. The van der Waals surface area contributed by atoms with E-state index in [1.165, 1.54) is 5.56 Å². The van der Waals surface area contributed by atoms with Crippen LogP contribution in [-0.2, 0) is 16.0 Å². The maximum atomic E-state index is 12.4. The molecule has 2 atom stereocenters. The summed E-state index contributed by atoms with van der Waals surface area (Å²) >= 11 is 0. The van der Waals surface area contributed by atoms with Gasteiger partial charge in [0, 0.05) is 24.3 Å². The van der Waals surface area contributed by atoms with Crippen molar-refractivity contribution in [2.24, 2.45) is 11.8 Å². The summed E-state index contributed by atoms with van der Waals surface area (Å²) in [6.07, 6.45) is 11.6. The number of unbranched alkanes of at least 4 members (excludes halogenated alkanes) is 3. The molecule has 0 radical (unpaired) electrons. The first-order valence-corrected chi connectivity index (χ1v) is 10.6. The molecule has 0 amide bonds. The van der Waals surface area contributed by atoms with E-state index in [0.29, 0.717) is 24.2 Å². The van der Waals surface area contributed by atoms with E-state index in [4.69, 9.17) is 5.11 Å². The van der Waals surface area contributed by atoms with Crippen LogP contribution in [-0.4, -0.2) is 22.6 Å². The third-order valence-electron chi connectivity index (χ3n) is 5.58. The van der Waals surface area contributed by atoms with Gasteiger partial charge in [0.05, 0.1) is 0 Å². The average Bonchev–Trinajstić information content (AvgIpc) is 3.03. The number of carbonyl (C=O) groups excluding carboxylic acids is 2. The molecule has 28 heavy (non-hydrogen) atoms. The van der Waals surface area contributed by atoms with Crippen LogP contribution in [0.1, 0.15) is 80.6 Å². The summed E-state index contributed by atoms with van der Waals surface area (Å²) in [5.41, 5.74) is 1.93. The minimum Gasteiger partial charge on any atom is -0.481 e. The van der Waals surface area contributed by atoms with Gasteiger partial charge in [-0.1, -0.05) is 62.9 Å². The molecule has 4 heteroatoms. The fraction of sp³-hybridized carbons (Fsp3) is 0.542. The second-order valence-corrected chi connectivity index (χ2v) is 7.79. The first kappa shape index (κ1) is 22.1. The van der Waals surface area contributed by atoms with Crippen molar-refractivity contribution in [1.82, 2.24) is 0 Å². The molecule has 1 aliphatic carbocycles. The second kappa shape index (κ2) is 11.6. The minimum atomic E-state index is -0.749. The molecule has 2 unspecified atom stereocenters. The molecule has 1 aromatic rings. The van der Waals surface area contributed by atoms with Gasteiger partial charge in [-0.15, -0.1) is 0 Å². The number of carboxylic acid groups (broad SMARTS) is 1. The quantitative estimate of drug-likeness (QED) is 0.298. The number of Topliss-reactive ketones (excluding diaryl/α,β-unsaturated/α-hetero) is 1. The molecule has 0 spiro atoms. The number of ketones is 2. The van der Waals surface area contributed by atoms with Gasteiger partial charge in [-0.3, -0.25) is 14.4 Å². The van der Waals surface area contributed by atoms with E-state index in [0.717, 1.165) is 44.9 Å². The van der Waals surface area contributed by atoms with Crippen LogP contribution in [0.4, 0.5) is 0 Å². The predicted molar refractivity (Wildman–Crippen MR) is 110 cm³/mol. The van der Waals surface area contributed by atoms with E-state index in [-0.39, 0.29) is 24.0 Å². The molecule has 0 aromatic heterocycles. The van der Waals surface area contributed by atoms with E-state index in [9.17, 15) is 14.4 Å². The van der Waals surface area contributed by atoms with Crippen LogP contribution >= 0.6 is 0 Å². The highest BCUT2D eigenvalue weighted by Gasteiger charge is 2.32. The van der Waals surface area contributed by atoms with Crippen LogP contribution in [0.15, 0.2) is 36.4 Å². The largest absolute Gasteiger partial charge is 0.481 e. The number of aryl methyl sites for hydroxylation is 1. The van der Waals surface area contributed by atoms with Crippen molar-refractivity contribution in [2.75, 3.05) is 0 Å². The van der Waals surface area contributed by atoms with Gasteiger partial charge in [0.25, 0.3) is 0 Å². The summed E-state index contributed by atoms with van der Waals surface area (Å²) in [6, 6.07) is 7.78. The summed E-state index contributed by atoms with van der Waals surface area (Å²) in [5.74, 6) is -0.294. The monoisotopic (exact) mass is 384 g/mol. The molecule has 0 aliphatic heterocycles. The number of carbonyl (C=O) groups is 3. The van der Waals surface area contributed by atoms with Crippen molar-refractivity contribution in [3.63, 3.8) is 0 Å². The number of hydrogen-bond donors (Lipinski definition) is 1. The lowest BCUT2D eigenvalue weighted by atomic mass is 9.89. The third-order valence-corrected chi connectivity index (χ3v) is 5.58. The number of aliphatic carboxylic acids is 1. The normalized spacial score (nSPS) is 19.4. The number of allylic oxidation sites excluding steroid dienone is 2. The second-order valence-electron chi connectivity index (χ2n) is 7.79. The Hall–Kier alpha value is -2.23. The fourth-order valence-electron chi connectivity index (χ4n) is 3.97. The van der Waals surface area contributed by atoms with Gasteiger partial charge >= 0.3 is 5.97 Å². The number of rotatable bonds is 12. The Bertz CT molecular complexity index is 687. The molecule has 1 N–H and O–H groups in total. The zero-order chi connectivity index (χ0) is 20.4. The minimum absolute atomic E-state index is 0.00480. The van der Waals surface area contributed by atoms with Crippen LogP contribution in [0.3, 0.4) is 0 Å². The molecule has 1 aliphatic rings. The van der Waals surface area contributed by atoms with Gasteiger partial charge in [0.15, 0.2) is 5.78 Å². The molecule has 1 saturated carbocycles. The smallest absolute Gasteiger partial charge is 0.303 e. The van der Waals surface area contributed by atoms with E-state index in [1.807, 2.05) is 30.3 Å². The predicted octanol–water partition coefficient (Wildman–Crippen LogP) is 5.40. The summed E-state index contributed by atoms with van der Waals surface area (Å²) in [6.45, 7) is 2.14. The van der Waals surface area contributed by atoms with Gasteiger partial charge in [0.1, 0.15) is 5.78 Å². The Morgan fingerprint density at radius 1 is 1.11 bits per heavy atom. The average molecular weight is 385 g/mol. The SMILES string of the molecule is CCCc1ccc(C(=O)/C=C/C2CCC(=O)C2CCCCCCC(=O)O)cc1. The van der Waals surface area contributed by atoms with Crippen LogP contribution in [0.2, 0.25) is 0 Å². The van der Waals surface area contributed by atoms with E-state index in [2.05, 4.69) is 6.92 Å². The van der Waals surface area contributed by atoms with Crippen molar-refractivity contribution in [3.05, 3.63) is 47.5 Å². The van der Waals surface area contributed by atoms with Gasteiger partial charge in [0.2, 0.25) is 0 Å². The Labute approximate surface area is 168 Å². The van der Waals surface area contributed by atoms with Crippen molar-refractivity contribution in [1.29, 1.82) is 0 Å². The molecular formula is C24H32O4. The topological polar surface area (TPSA) is 71.4 Å². The standard InChI is InChI=1S/C24H32O4/c1-2-7-18-10-12-20(13-11-18)22(25)16-14-19-15-17-23(26)21(19)8-5-3-4-6-9-24(27)28/h10-14,16,19,21H,2-9,15,17H2,1H3,(H,27,28)/b16-14+. The molecule has 2 rings (SSSR count). The number of carboxylic acids is 1. The highest BCUT2D eigenvalue weighted by molar-refractivity contribution is 6.04. The maximum absolute atomic E-state index is 12.4. The number of hydrogen-bond acceptors (Lipinski definition) is 3. The van der Waals surface area contributed by atoms with Crippen molar-refractivity contribution >= 4 is 17.5 Å². The van der Waals surface area contributed by atoms with E-state index in [1.54, 1.807) is 6.08 Å². The van der Waals surface area contributed by atoms with Gasteiger partial charge in [-0.2, -0.15) is 0 Å². The first-order chi connectivity index (χ1) is 13.5. The van der Waals surface area contributed by atoms with Crippen molar-refractivity contribution in [2.45, 2.75) is 71.1 Å². The Morgan fingerprint density at radius 3 is 2.50 bits per heavy atom. The van der Waals surface area contributed by atoms with Gasteiger partial charge in [-0.05, 0) is 43.2 Å². The molecule has 0 saturated heterocycles. The molecular weight excluding hydrogens is 352 g/mol. The van der Waals surface area contributed by atoms with Crippen LogP contribution < -0.4 is 0 Å². The Kier molecular flexibility index (Phi) is 9.12. The van der Waals surface area contributed by atoms with Crippen molar-refractivity contribution in [3.8, 4) is 0 Å². The molecule has 0 bridgehead atoms. The molecule has 0 heterocycles. The summed E-state index contributed by atoms with van der Waals surface area (Å²) in [4.78, 5) is 35.2. The summed E-state index contributed by atoms with van der Waals surface area (Å²) in [5, 5.41) is 8.66. The molecule has 1 fully saturated rings. The zero-order valence-corrected chi connectivity index (χ0v) is 16.9. The van der Waals surface area contributed by atoms with E-state index >= 15 is 0 Å². The van der Waals surface area contributed by atoms with Crippen LogP contribution in [0.5, 0.6) is 0 Å². The molecule has 152 valence electrons. The van der Waals surface area contributed by atoms with Gasteiger partial charge in [-0.25, -0.2) is 0 Å². The summed E-state index contributed by atoms with van der Waals surface area (Å²) in [7, 11) is 0. The lowest BCUT2D eigenvalue weighted by Crippen LogP contribution is -2.13. The Balaban J connectivity index is 1.82. The maximum Gasteiger partial charge on any atom is 0.303 e. The summed E-state index contributed by atoms with van der Waals surface area (Å²) < 4.78 is 0. The van der Waals surface area contributed by atoms with Crippen LogP contribution in [0, 0.1) is 11.8 Å². The Morgan fingerprint density at radius 2 is 1.82 bits per heavy atom. The highest BCUT2D eigenvalue weighted by atomic mass is 16.4. The molecule has 4 nitrogen and oxygen atoms in total. The lowest BCUT2D eigenvalue weighted by Gasteiger charge is -2.14. The van der Waals surface area contributed by atoms with Crippen molar-refractivity contribution < 1.29 is 19.5 Å². The van der Waals surface area contributed by atoms with E-state index < -0.39 is 5.97 Å². The van der Waals surface area contributed by atoms with Crippen LogP contribution in [0.25, 0.3) is 0 Å².